The van der Waals surface area contributed by atoms with Crippen LogP contribution in [0.1, 0.15) is 26.3 Å². The lowest BCUT2D eigenvalue weighted by molar-refractivity contribution is -0.131. The minimum atomic E-state index is 0.112. The van der Waals surface area contributed by atoms with E-state index >= 15 is 0 Å². The van der Waals surface area contributed by atoms with E-state index in [4.69, 9.17) is 4.99 Å². The first-order valence-corrected chi connectivity index (χ1v) is 10.6. The van der Waals surface area contributed by atoms with Crippen molar-refractivity contribution in [3.8, 4) is 0 Å². The maximum Gasteiger partial charge on any atom is 0.242 e. The van der Waals surface area contributed by atoms with Crippen LogP contribution in [0.2, 0.25) is 0 Å². The molecule has 0 atom stereocenters. The van der Waals surface area contributed by atoms with E-state index in [0.29, 0.717) is 13.1 Å². The summed E-state index contributed by atoms with van der Waals surface area (Å²) >= 11 is 0. The molecule has 162 valence electrons. The Morgan fingerprint density at radius 2 is 1.86 bits per heavy atom. The molecule has 1 aromatic heterocycles. The maximum atomic E-state index is 12.4. The second kappa shape index (κ2) is 11.6. The summed E-state index contributed by atoms with van der Waals surface area (Å²) in [7, 11) is 4.05. The Morgan fingerprint density at radius 3 is 2.41 bits per heavy atom. The van der Waals surface area contributed by atoms with Crippen molar-refractivity contribution < 1.29 is 4.79 Å². The lowest BCUT2D eigenvalue weighted by Gasteiger charge is -2.33. The Balaban J connectivity index is 1.97. The van der Waals surface area contributed by atoms with Gasteiger partial charge in [0.2, 0.25) is 5.91 Å². The molecule has 0 aromatic carbocycles. The van der Waals surface area contributed by atoms with Crippen molar-refractivity contribution in [1.82, 2.24) is 25.0 Å². The molecule has 8 heteroatoms. The molecule has 1 aromatic rings. The lowest BCUT2D eigenvalue weighted by atomic mass is 10.2. The number of hydrogen-bond acceptors (Lipinski definition) is 5. The molecule has 0 radical (unpaired) electrons. The van der Waals surface area contributed by atoms with Gasteiger partial charge in [-0.1, -0.05) is 6.07 Å². The number of likely N-dealkylation sites (N-methyl/N-ethyl adjacent to an activating group) is 3. The summed E-state index contributed by atoms with van der Waals surface area (Å²) in [5, 5.41) is 3.27. The maximum absolute atomic E-state index is 12.4. The second-order valence-electron chi connectivity index (χ2n) is 7.41. The minimum absolute atomic E-state index is 0.112. The number of guanidine groups is 1. The summed E-state index contributed by atoms with van der Waals surface area (Å²) in [5.41, 5.74) is 1.06. The summed E-state index contributed by atoms with van der Waals surface area (Å²) in [6.07, 6.45) is 1.90. The average molecular weight is 404 g/mol. The smallest absolute Gasteiger partial charge is 0.242 e. The quantitative estimate of drug-likeness (QED) is 0.518. The number of amides is 1. The molecule has 1 amide bonds. The molecule has 1 saturated heterocycles. The number of pyridine rings is 1. The van der Waals surface area contributed by atoms with Gasteiger partial charge < -0.3 is 24.9 Å². The molecular weight excluding hydrogens is 366 g/mol. The van der Waals surface area contributed by atoms with Gasteiger partial charge in [0.1, 0.15) is 5.82 Å². The van der Waals surface area contributed by atoms with E-state index in [-0.39, 0.29) is 5.91 Å². The van der Waals surface area contributed by atoms with Crippen molar-refractivity contribution >= 4 is 17.7 Å². The Bertz CT molecular complexity index is 649. The van der Waals surface area contributed by atoms with Crippen molar-refractivity contribution in [3.63, 3.8) is 0 Å². The van der Waals surface area contributed by atoms with E-state index < -0.39 is 0 Å². The van der Waals surface area contributed by atoms with Crippen LogP contribution in [0.15, 0.2) is 23.3 Å². The molecule has 1 aliphatic rings. The van der Waals surface area contributed by atoms with Gasteiger partial charge in [0.15, 0.2) is 5.96 Å². The van der Waals surface area contributed by atoms with Gasteiger partial charge in [-0.2, -0.15) is 0 Å². The van der Waals surface area contributed by atoms with Crippen LogP contribution in [-0.2, 0) is 11.3 Å². The largest absolute Gasteiger partial charge is 0.357 e. The van der Waals surface area contributed by atoms with Crippen molar-refractivity contribution in [2.75, 3.05) is 71.4 Å². The predicted molar refractivity (Wildman–Crippen MR) is 119 cm³/mol. The van der Waals surface area contributed by atoms with E-state index in [1.165, 1.54) is 0 Å². The summed E-state index contributed by atoms with van der Waals surface area (Å²) < 4.78 is 0. The standard InChI is InChI=1S/C21H37N7O/c1-6-22-21(26(5)17-20(29)27(7-2)8-3)24-16-18-9-10-19(23-15-18)28-13-11-25(4)12-14-28/h9-10,15H,6-8,11-14,16-17H2,1-5H3,(H,22,24). The fourth-order valence-corrected chi connectivity index (χ4v) is 3.32. The van der Waals surface area contributed by atoms with Gasteiger partial charge >= 0.3 is 0 Å². The molecule has 2 rings (SSSR count). The number of anilines is 1. The Hall–Kier alpha value is -2.35. The summed E-state index contributed by atoms with van der Waals surface area (Å²) in [6.45, 7) is 13.2. The van der Waals surface area contributed by atoms with Crippen LogP contribution >= 0.6 is 0 Å². The van der Waals surface area contributed by atoms with Gasteiger partial charge in [-0.25, -0.2) is 9.98 Å². The molecule has 8 nitrogen and oxygen atoms in total. The number of rotatable bonds is 8. The third-order valence-corrected chi connectivity index (χ3v) is 5.23. The van der Waals surface area contributed by atoms with Crippen molar-refractivity contribution in [2.24, 2.45) is 4.99 Å². The lowest BCUT2D eigenvalue weighted by Crippen LogP contribution is -2.45. The number of hydrogen-bond donors (Lipinski definition) is 1. The highest BCUT2D eigenvalue weighted by atomic mass is 16.2. The molecule has 29 heavy (non-hydrogen) atoms. The molecular formula is C21H37N7O. The van der Waals surface area contributed by atoms with Crippen molar-refractivity contribution in [3.05, 3.63) is 23.9 Å². The first-order valence-electron chi connectivity index (χ1n) is 10.6. The average Bonchev–Trinajstić information content (AvgIpc) is 2.73. The van der Waals surface area contributed by atoms with Crippen LogP contribution in [0.3, 0.4) is 0 Å². The van der Waals surface area contributed by atoms with E-state index in [0.717, 1.165) is 63.2 Å². The number of nitrogens with zero attached hydrogens (tertiary/aromatic N) is 6. The molecule has 1 aliphatic heterocycles. The van der Waals surface area contributed by atoms with E-state index in [9.17, 15) is 4.79 Å². The zero-order chi connectivity index (χ0) is 21.2. The number of aliphatic imine (C=N–C) groups is 1. The van der Waals surface area contributed by atoms with Gasteiger partial charge in [-0.15, -0.1) is 0 Å². The molecule has 1 fully saturated rings. The molecule has 0 saturated carbocycles. The number of carbonyl (C=O) groups excluding carboxylic acids is 1. The van der Waals surface area contributed by atoms with Crippen molar-refractivity contribution in [1.29, 1.82) is 0 Å². The van der Waals surface area contributed by atoms with E-state index in [2.05, 4.69) is 39.3 Å². The summed E-state index contributed by atoms with van der Waals surface area (Å²) in [5.74, 6) is 1.87. The fourth-order valence-electron chi connectivity index (χ4n) is 3.32. The topological polar surface area (TPSA) is 67.3 Å². The predicted octanol–water partition coefficient (Wildman–Crippen LogP) is 1.10. The zero-order valence-electron chi connectivity index (χ0n) is 18.7. The van der Waals surface area contributed by atoms with Gasteiger partial charge in [-0.3, -0.25) is 4.79 Å². The zero-order valence-corrected chi connectivity index (χ0v) is 18.7. The van der Waals surface area contributed by atoms with Crippen LogP contribution in [0.5, 0.6) is 0 Å². The van der Waals surface area contributed by atoms with Crippen molar-refractivity contribution in [2.45, 2.75) is 27.3 Å². The molecule has 0 spiro atoms. The SMILES string of the molecule is CCNC(=NCc1ccc(N2CCN(C)CC2)nc1)N(C)CC(=O)N(CC)CC. The highest BCUT2D eigenvalue weighted by molar-refractivity contribution is 5.86. The third-order valence-electron chi connectivity index (χ3n) is 5.23. The molecule has 1 N–H and O–H groups in total. The summed E-state index contributed by atoms with van der Waals surface area (Å²) in [4.78, 5) is 30.1. The van der Waals surface area contributed by atoms with Crippen LogP contribution in [0, 0.1) is 0 Å². The summed E-state index contributed by atoms with van der Waals surface area (Å²) in [6, 6.07) is 4.17. The molecule has 0 bridgehead atoms. The van der Waals surface area contributed by atoms with E-state index in [1.807, 2.05) is 43.8 Å². The Kier molecular flexibility index (Phi) is 9.18. The highest BCUT2D eigenvalue weighted by Gasteiger charge is 2.16. The van der Waals surface area contributed by atoms with Gasteiger partial charge in [0.05, 0.1) is 13.1 Å². The van der Waals surface area contributed by atoms with Crippen LogP contribution < -0.4 is 10.2 Å². The van der Waals surface area contributed by atoms with Crippen LogP contribution in [0.4, 0.5) is 5.82 Å². The number of carbonyl (C=O) groups is 1. The highest BCUT2D eigenvalue weighted by Crippen LogP contribution is 2.14. The fraction of sp³-hybridized carbons (Fsp3) is 0.667. The van der Waals surface area contributed by atoms with Gasteiger partial charge in [-0.05, 0) is 39.4 Å². The number of aromatic nitrogens is 1. The Labute approximate surface area is 175 Å². The van der Waals surface area contributed by atoms with Gasteiger partial charge in [0.25, 0.3) is 0 Å². The molecule has 0 aliphatic carbocycles. The molecule has 0 unspecified atom stereocenters. The number of piperazine rings is 1. The number of nitrogens with one attached hydrogen (secondary N) is 1. The second-order valence-corrected chi connectivity index (χ2v) is 7.41. The van der Waals surface area contributed by atoms with Crippen LogP contribution in [-0.4, -0.2) is 98.0 Å². The normalized spacial score (nSPS) is 15.3. The minimum Gasteiger partial charge on any atom is -0.357 e. The van der Waals surface area contributed by atoms with E-state index in [1.54, 1.807) is 0 Å². The van der Waals surface area contributed by atoms with Gasteiger partial charge in [0, 0.05) is 59.1 Å². The first kappa shape index (κ1) is 22.9. The third kappa shape index (κ3) is 6.88. The Morgan fingerprint density at radius 1 is 1.17 bits per heavy atom. The molecule has 2 heterocycles. The monoisotopic (exact) mass is 403 g/mol. The van der Waals surface area contributed by atoms with Crippen LogP contribution in [0.25, 0.3) is 0 Å². The first-order chi connectivity index (χ1) is 14.0.